The summed E-state index contributed by atoms with van der Waals surface area (Å²) in [5.41, 5.74) is 6.62. The molecule has 1 aliphatic rings. The van der Waals surface area contributed by atoms with Crippen LogP contribution in [0.25, 0.3) is 0 Å². The van der Waals surface area contributed by atoms with Gasteiger partial charge in [-0.3, -0.25) is 10.9 Å². The minimum absolute atomic E-state index is 0.254. The minimum Gasteiger partial charge on any atom is -0.376 e. The van der Waals surface area contributed by atoms with E-state index in [1.54, 1.807) is 12.1 Å². The maximum atomic E-state index is 5.91. The van der Waals surface area contributed by atoms with Gasteiger partial charge in [-0.25, -0.2) is 0 Å². The number of benzene rings is 1. The highest BCUT2D eigenvalue weighted by Crippen LogP contribution is 2.24. The molecule has 4 nitrogen and oxygen atoms in total. The van der Waals surface area contributed by atoms with Crippen LogP contribution in [0, 0.1) is 0 Å². The minimum atomic E-state index is 0.254. The van der Waals surface area contributed by atoms with Crippen LogP contribution in [0.4, 0.5) is 5.69 Å². The number of hydrogen-bond acceptors (Lipinski definition) is 3. The molecule has 1 aromatic rings. The topological polar surface area (TPSA) is 45.3 Å². The van der Waals surface area contributed by atoms with E-state index in [1.165, 1.54) is 0 Å². The third-order valence-electron chi connectivity index (χ3n) is 2.75. The van der Waals surface area contributed by atoms with Crippen molar-refractivity contribution in [2.24, 2.45) is 0 Å². The molecule has 7 heteroatoms. The van der Waals surface area contributed by atoms with Crippen LogP contribution in [0.15, 0.2) is 18.2 Å². The summed E-state index contributed by atoms with van der Waals surface area (Å²) in [6, 6.07) is 5.25. The monoisotopic (exact) mass is 319 g/mol. The van der Waals surface area contributed by atoms with Gasteiger partial charge < -0.3 is 10.1 Å². The summed E-state index contributed by atoms with van der Waals surface area (Å²) in [5.74, 6) is 0. The quantitative estimate of drug-likeness (QED) is 0.588. The van der Waals surface area contributed by atoms with Gasteiger partial charge in [0.15, 0.2) is 5.11 Å². The lowest BCUT2D eigenvalue weighted by Gasteiger charge is -2.15. The predicted molar refractivity (Wildman–Crippen MR) is 82.8 cm³/mol. The predicted octanol–water partition coefficient (Wildman–Crippen LogP) is 2.96. The lowest BCUT2D eigenvalue weighted by atomic mass is 10.2. The Morgan fingerprint density at radius 1 is 1.37 bits per heavy atom. The van der Waals surface area contributed by atoms with Crippen LogP contribution in [0.3, 0.4) is 0 Å². The summed E-state index contributed by atoms with van der Waals surface area (Å²) in [6.07, 6.45) is 2.45. The first-order chi connectivity index (χ1) is 9.15. The SMILES string of the molecule is S=C(NC[C@H]1CCCO1)NNc1ccc(Cl)c(Cl)c1. The molecule has 1 atom stereocenters. The number of rotatable bonds is 4. The molecule has 0 amide bonds. The molecule has 0 bridgehead atoms. The van der Waals surface area contributed by atoms with Crippen molar-refractivity contribution in [1.82, 2.24) is 10.7 Å². The van der Waals surface area contributed by atoms with Gasteiger partial charge in [-0.1, -0.05) is 23.2 Å². The molecule has 0 spiro atoms. The first-order valence-electron chi connectivity index (χ1n) is 6.01. The highest BCUT2D eigenvalue weighted by Gasteiger charge is 2.15. The zero-order valence-electron chi connectivity index (χ0n) is 10.2. The van der Waals surface area contributed by atoms with Crippen molar-refractivity contribution >= 4 is 46.2 Å². The Hall–Kier alpha value is -0.750. The maximum absolute atomic E-state index is 5.91. The fourth-order valence-corrected chi connectivity index (χ4v) is 2.19. The Balaban J connectivity index is 1.71. The Labute approximate surface area is 127 Å². The van der Waals surface area contributed by atoms with Crippen molar-refractivity contribution in [1.29, 1.82) is 0 Å². The number of thiocarbonyl (C=S) groups is 1. The lowest BCUT2D eigenvalue weighted by molar-refractivity contribution is 0.114. The molecule has 2 rings (SSSR count). The normalized spacial score (nSPS) is 18.1. The highest BCUT2D eigenvalue weighted by molar-refractivity contribution is 7.80. The van der Waals surface area contributed by atoms with E-state index in [-0.39, 0.29) is 6.10 Å². The number of halogens is 2. The van der Waals surface area contributed by atoms with Crippen molar-refractivity contribution in [2.75, 3.05) is 18.6 Å². The lowest BCUT2D eigenvalue weighted by Crippen LogP contribution is -2.41. The summed E-state index contributed by atoms with van der Waals surface area (Å²) in [6.45, 7) is 1.56. The van der Waals surface area contributed by atoms with Gasteiger partial charge >= 0.3 is 0 Å². The fraction of sp³-hybridized carbons (Fsp3) is 0.417. The number of hydrogen-bond donors (Lipinski definition) is 3. The fourth-order valence-electron chi connectivity index (χ4n) is 1.76. The third kappa shape index (κ3) is 4.69. The van der Waals surface area contributed by atoms with E-state index in [1.807, 2.05) is 6.07 Å². The molecule has 104 valence electrons. The third-order valence-corrected chi connectivity index (χ3v) is 3.74. The van der Waals surface area contributed by atoms with Gasteiger partial charge in [0.2, 0.25) is 0 Å². The second-order valence-electron chi connectivity index (χ2n) is 4.22. The van der Waals surface area contributed by atoms with Crippen LogP contribution in [-0.2, 0) is 4.74 Å². The van der Waals surface area contributed by atoms with Crippen molar-refractivity contribution in [3.8, 4) is 0 Å². The Morgan fingerprint density at radius 3 is 2.89 bits per heavy atom. The average molecular weight is 320 g/mol. The van der Waals surface area contributed by atoms with E-state index in [2.05, 4.69) is 16.2 Å². The molecule has 0 radical (unpaired) electrons. The highest BCUT2D eigenvalue weighted by atomic mass is 35.5. The Morgan fingerprint density at radius 2 is 2.21 bits per heavy atom. The molecule has 1 aromatic carbocycles. The molecule has 3 N–H and O–H groups in total. The molecule has 19 heavy (non-hydrogen) atoms. The van der Waals surface area contributed by atoms with Gasteiger partial charge in [0.1, 0.15) is 0 Å². The number of hydrazine groups is 1. The van der Waals surface area contributed by atoms with Crippen LogP contribution in [0.1, 0.15) is 12.8 Å². The second kappa shape index (κ2) is 7.14. The van der Waals surface area contributed by atoms with Gasteiger partial charge in [-0.15, -0.1) is 0 Å². The van der Waals surface area contributed by atoms with Crippen molar-refractivity contribution in [3.05, 3.63) is 28.2 Å². The van der Waals surface area contributed by atoms with Gasteiger partial charge in [-0.2, -0.15) is 0 Å². The molecule has 0 aromatic heterocycles. The van der Waals surface area contributed by atoms with Gasteiger partial charge in [-0.05, 0) is 43.3 Å². The van der Waals surface area contributed by atoms with Crippen LogP contribution in [0.5, 0.6) is 0 Å². The van der Waals surface area contributed by atoms with Crippen molar-refractivity contribution in [2.45, 2.75) is 18.9 Å². The summed E-state index contributed by atoms with van der Waals surface area (Å²) in [5, 5.41) is 4.62. The van der Waals surface area contributed by atoms with Crippen LogP contribution in [-0.4, -0.2) is 24.4 Å². The average Bonchev–Trinajstić information content (AvgIpc) is 2.91. The Kier molecular flexibility index (Phi) is 5.51. The van der Waals surface area contributed by atoms with E-state index in [4.69, 9.17) is 40.2 Å². The first-order valence-corrected chi connectivity index (χ1v) is 7.18. The zero-order valence-corrected chi connectivity index (χ0v) is 12.5. The van der Waals surface area contributed by atoms with Crippen LogP contribution in [0.2, 0.25) is 10.0 Å². The smallest absolute Gasteiger partial charge is 0.185 e. The van der Waals surface area contributed by atoms with Crippen LogP contribution >= 0.6 is 35.4 Å². The van der Waals surface area contributed by atoms with Crippen molar-refractivity contribution < 1.29 is 4.74 Å². The Bertz CT molecular complexity index is 453. The molecule has 0 saturated carbocycles. The molecule has 1 heterocycles. The summed E-state index contributed by atoms with van der Waals surface area (Å²) < 4.78 is 5.49. The molecule has 1 fully saturated rings. The molecular formula is C12H15Cl2N3OS. The largest absolute Gasteiger partial charge is 0.376 e. The van der Waals surface area contributed by atoms with E-state index >= 15 is 0 Å². The molecule has 1 saturated heterocycles. The van der Waals surface area contributed by atoms with Gasteiger partial charge in [0.25, 0.3) is 0 Å². The first kappa shape index (κ1) is 14.7. The number of nitrogens with one attached hydrogen (secondary N) is 3. The van der Waals surface area contributed by atoms with Crippen LogP contribution < -0.4 is 16.2 Å². The van der Waals surface area contributed by atoms with Gasteiger partial charge in [0, 0.05) is 13.2 Å². The summed E-state index contributed by atoms with van der Waals surface area (Å²) >= 11 is 16.9. The molecule has 0 aliphatic carbocycles. The molecular weight excluding hydrogens is 305 g/mol. The van der Waals surface area contributed by atoms with E-state index in [0.717, 1.165) is 31.7 Å². The number of ether oxygens (including phenoxy) is 1. The van der Waals surface area contributed by atoms with E-state index in [0.29, 0.717) is 15.2 Å². The van der Waals surface area contributed by atoms with Crippen molar-refractivity contribution in [3.63, 3.8) is 0 Å². The standard InChI is InChI=1S/C12H15Cl2N3OS/c13-10-4-3-8(6-11(10)14)16-17-12(19)15-7-9-2-1-5-18-9/h3-4,6,9,16H,1-2,5,7H2,(H2,15,17,19)/t9-/m1/s1. The zero-order chi connectivity index (χ0) is 13.7. The maximum Gasteiger partial charge on any atom is 0.185 e. The van der Waals surface area contributed by atoms with E-state index in [9.17, 15) is 0 Å². The summed E-state index contributed by atoms with van der Waals surface area (Å²) in [4.78, 5) is 0. The number of anilines is 1. The molecule has 1 aliphatic heterocycles. The molecule has 0 unspecified atom stereocenters. The van der Waals surface area contributed by atoms with E-state index < -0.39 is 0 Å². The second-order valence-corrected chi connectivity index (χ2v) is 5.45. The summed E-state index contributed by atoms with van der Waals surface area (Å²) in [7, 11) is 0. The van der Waals surface area contributed by atoms with Gasteiger partial charge in [0.05, 0.1) is 21.8 Å².